The van der Waals surface area contributed by atoms with Crippen LogP contribution < -0.4 is 4.74 Å². The Morgan fingerprint density at radius 1 is 1.07 bits per heavy atom. The summed E-state index contributed by atoms with van der Waals surface area (Å²) >= 11 is 5.81. The number of aliphatic hydroxyl groups is 1. The minimum absolute atomic E-state index is 0.0410. The number of hydrogen-bond acceptors (Lipinski definition) is 6. The topological polar surface area (TPSA) is 104 Å². The van der Waals surface area contributed by atoms with E-state index < -0.39 is 21.6 Å². The zero-order valence-corrected chi connectivity index (χ0v) is 15.9. The Morgan fingerprint density at radius 3 is 2.15 bits per heavy atom. The molecular formula is C18H20ClNO6S. The van der Waals surface area contributed by atoms with E-state index in [1.54, 1.807) is 24.3 Å². The van der Waals surface area contributed by atoms with Gasteiger partial charge in [-0.05, 0) is 61.4 Å². The maximum Gasteiger partial charge on any atom is 0.233 e. The third-order valence-electron chi connectivity index (χ3n) is 3.82. The van der Waals surface area contributed by atoms with Crippen molar-refractivity contribution in [1.29, 1.82) is 0 Å². The zero-order chi connectivity index (χ0) is 19.9. The molecule has 0 aliphatic rings. The minimum atomic E-state index is -3.76. The van der Waals surface area contributed by atoms with E-state index in [1.165, 1.54) is 24.3 Å². The van der Waals surface area contributed by atoms with Gasteiger partial charge in [0.2, 0.25) is 6.41 Å². The Bertz CT molecular complexity index is 839. The summed E-state index contributed by atoms with van der Waals surface area (Å²) in [6.45, 7) is -0.167. The lowest BCUT2D eigenvalue weighted by Gasteiger charge is -2.22. The first-order valence-electron chi connectivity index (χ1n) is 8.15. The van der Waals surface area contributed by atoms with Crippen LogP contribution in [-0.2, 0) is 14.6 Å². The summed E-state index contributed by atoms with van der Waals surface area (Å²) in [5.74, 6) is 0.547. The number of carbonyl (C=O) groups is 1. The Balaban J connectivity index is 2.11. The molecule has 0 aromatic heterocycles. The highest BCUT2D eigenvalue weighted by atomic mass is 35.5. The van der Waals surface area contributed by atoms with E-state index in [4.69, 9.17) is 21.4 Å². The molecule has 9 heteroatoms. The summed E-state index contributed by atoms with van der Waals surface area (Å²) in [4.78, 5) is 10.8. The van der Waals surface area contributed by atoms with Gasteiger partial charge < -0.3 is 9.84 Å². The summed E-state index contributed by atoms with van der Waals surface area (Å²) < 4.78 is 30.7. The number of aliphatic hydroxyl groups excluding tert-OH is 1. The van der Waals surface area contributed by atoms with Gasteiger partial charge in [-0.1, -0.05) is 11.6 Å². The summed E-state index contributed by atoms with van der Waals surface area (Å²) in [5.41, 5.74) is 0. The second-order valence-corrected chi connectivity index (χ2v) is 8.28. The van der Waals surface area contributed by atoms with Crippen LogP contribution in [0.1, 0.15) is 12.8 Å². The monoisotopic (exact) mass is 413 g/mol. The number of nitrogens with zero attached hydrogens (tertiary/aromatic N) is 1. The fraction of sp³-hybridized carbons (Fsp3) is 0.278. The summed E-state index contributed by atoms with van der Waals surface area (Å²) in [5, 5.41) is 19.4. The van der Waals surface area contributed by atoms with Crippen molar-refractivity contribution in [3.05, 3.63) is 53.6 Å². The van der Waals surface area contributed by atoms with Gasteiger partial charge in [-0.3, -0.25) is 10.0 Å². The van der Waals surface area contributed by atoms with Crippen LogP contribution in [0.4, 0.5) is 0 Å². The number of benzene rings is 2. The largest absolute Gasteiger partial charge is 0.457 e. The van der Waals surface area contributed by atoms with Crippen molar-refractivity contribution < 1.29 is 28.3 Å². The molecule has 0 bridgehead atoms. The van der Waals surface area contributed by atoms with E-state index in [0.717, 1.165) is 0 Å². The molecule has 0 saturated carbocycles. The van der Waals surface area contributed by atoms with Crippen LogP contribution >= 0.6 is 11.6 Å². The average molecular weight is 414 g/mol. The maximum absolute atomic E-state index is 12.6. The van der Waals surface area contributed by atoms with Gasteiger partial charge in [0, 0.05) is 11.6 Å². The lowest BCUT2D eigenvalue weighted by atomic mass is 10.2. The zero-order valence-electron chi connectivity index (χ0n) is 14.4. The van der Waals surface area contributed by atoms with E-state index in [9.17, 15) is 18.4 Å². The van der Waals surface area contributed by atoms with Crippen molar-refractivity contribution in [2.24, 2.45) is 0 Å². The molecule has 0 radical (unpaired) electrons. The number of sulfone groups is 1. The SMILES string of the molecule is O=CN(O)C(CCCO)CS(=O)(=O)c1ccc(Oc2ccc(Cl)cc2)cc1. The first-order valence-corrected chi connectivity index (χ1v) is 10.2. The van der Waals surface area contributed by atoms with Crippen molar-refractivity contribution in [3.63, 3.8) is 0 Å². The smallest absolute Gasteiger partial charge is 0.233 e. The van der Waals surface area contributed by atoms with Crippen LogP contribution in [-0.4, -0.2) is 48.6 Å². The van der Waals surface area contributed by atoms with E-state index in [2.05, 4.69) is 0 Å². The van der Waals surface area contributed by atoms with E-state index >= 15 is 0 Å². The third kappa shape index (κ3) is 6.21. The number of carbonyl (C=O) groups excluding carboxylic acids is 1. The second kappa shape index (κ2) is 9.70. The molecule has 146 valence electrons. The van der Waals surface area contributed by atoms with Gasteiger partial charge in [0.25, 0.3) is 0 Å². The van der Waals surface area contributed by atoms with Crippen LogP contribution in [0.2, 0.25) is 5.02 Å². The number of amides is 1. The average Bonchev–Trinajstić information content (AvgIpc) is 2.66. The molecule has 0 fully saturated rings. The van der Waals surface area contributed by atoms with Crippen molar-refractivity contribution in [2.75, 3.05) is 12.4 Å². The van der Waals surface area contributed by atoms with Crippen LogP contribution in [0.15, 0.2) is 53.4 Å². The number of ether oxygens (including phenoxy) is 1. The van der Waals surface area contributed by atoms with Gasteiger partial charge in [0.05, 0.1) is 16.7 Å². The molecule has 2 rings (SSSR count). The second-order valence-electron chi connectivity index (χ2n) is 5.81. The van der Waals surface area contributed by atoms with Crippen molar-refractivity contribution in [1.82, 2.24) is 5.06 Å². The Kier molecular flexibility index (Phi) is 7.61. The van der Waals surface area contributed by atoms with E-state index in [1.807, 2.05) is 0 Å². The fourth-order valence-corrected chi connectivity index (χ4v) is 4.10. The van der Waals surface area contributed by atoms with Crippen LogP contribution in [0.5, 0.6) is 11.5 Å². The lowest BCUT2D eigenvalue weighted by molar-refractivity contribution is -0.158. The van der Waals surface area contributed by atoms with Crippen molar-refractivity contribution >= 4 is 27.8 Å². The highest BCUT2D eigenvalue weighted by Crippen LogP contribution is 2.25. The molecule has 2 N–H and O–H groups in total. The maximum atomic E-state index is 12.6. The molecule has 1 atom stereocenters. The molecular weight excluding hydrogens is 394 g/mol. The third-order valence-corrected chi connectivity index (χ3v) is 5.89. The van der Waals surface area contributed by atoms with Crippen molar-refractivity contribution in [2.45, 2.75) is 23.8 Å². The molecule has 2 aromatic carbocycles. The molecule has 0 aliphatic carbocycles. The highest BCUT2D eigenvalue weighted by Gasteiger charge is 2.25. The summed E-state index contributed by atoms with van der Waals surface area (Å²) in [6.07, 6.45) is 0.572. The predicted octanol–water partition coefficient (Wildman–Crippen LogP) is 2.89. The molecule has 1 unspecified atom stereocenters. The van der Waals surface area contributed by atoms with Gasteiger partial charge in [-0.15, -0.1) is 0 Å². The lowest BCUT2D eigenvalue weighted by Crippen LogP contribution is -2.37. The Labute approximate surface area is 162 Å². The van der Waals surface area contributed by atoms with Gasteiger partial charge >= 0.3 is 0 Å². The molecule has 27 heavy (non-hydrogen) atoms. The quantitative estimate of drug-likeness (QED) is 0.352. The number of hydrogen-bond donors (Lipinski definition) is 2. The van der Waals surface area contributed by atoms with Gasteiger partial charge in [-0.25, -0.2) is 13.5 Å². The number of halogens is 1. The molecule has 0 aliphatic heterocycles. The van der Waals surface area contributed by atoms with Crippen LogP contribution in [0.3, 0.4) is 0 Å². The normalized spacial score (nSPS) is 12.4. The Hall–Kier alpha value is -2.13. The van der Waals surface area contributed by atoms with Gasteiger partial charge in [0.15, 0.2) is 9.84 Å². The minimum Gasteiger partial charge on any atom is -0.457 e. The molecule has 0 spiro atoms. The summed E-state index contributed by atoms with van der Waals surface area (Å²) in [6, 6.07) is 11.6. The van der Waals surface area contributed by atoms with E-state index in [0.29, 0.717) is 21.6 Å². The number of rotatable bonds is 10. The van der Waals surface area contributed by atoms with Gasteiger partial charge in [0.1, 0.15) is 11.5 Å². The molecule has 7 nitrogen and oxygen atoms in total. The molecule has 0 saturated heterocycles. The highest BCUT2D eigenvalue weighted by molar-refractivity contribution is 7.91. The van der Waals surface area contributed by atoms with Crippen LogP contribution in [0.25, 0.3) is 0 Å². The standard InChI is InChI=1S/C18H20ClNO6S/c19-14-3-5-16(6-4-14)26-17-7-9-18(10-8-17)27(24,25)12-15(2-1-11-21)20(23)13-22/h3-10,13,15,21,23H,1-2,11-12H2. The first-order chi connectivity index (χ1) is 12.9. The molecule has 1 amide bonds. The fourth-order valence-electron chi connectivity index (χ4n) is 2.41. The van der Waals surface area contributed by atoms with Gasteiger partial charge in [-0.2, -0.15) is 0 Å². The van der Waals surface area contributed by atoms with Crippen LogP contribution in [0, 0.1) is 0 Å². The van der Waals surface area contributed by atoms with Crippen molar-refractivity contribution in [3.8, 4) is 11.5 Å². The predicted molar refractivity (Wildman–Crippen MR) is 99.8 cm³/mol. The van der Waals surface area contributed by atoms with E-state index in [-0.39, 0.29) is 30.8 Å². The first kappa shape index (κ1) is 21.2. The Morgan fingerprint density at radius 2 is 1.63 bits per heavy atom. The number of hydroxylamine groups is 2. The summed E-state index contributed by atoms with van der Waals surface area (Å²) in [7, 11) is -3.76. The molecule has 0 heterocycles. The molecule has 2 aromatic rings.